The lowest BCUT2D eigenvalue weighted by Gasteiger charge is -2.36. The predicted octanol–water partition coefficient (Wildman–Crippen LogP) is 4.97. The first-order valence-corrected chi connectivity index (χ1v) is 11.9. The van der Waals surface area contributed by atoms with Crippen molar-refractivity contribution in [3.63, 3.8) is 0 Å². The molecule has 2 aromatic carbocycles. The fourth-order valence-electron chi connectivity index (χ4n) is 4.73. The van der Waals surface area contributed by atoms with Crippen molar-refractivity contribution in [3.8, 4) is 5.75 Å². The normalized spacial score (nSPS) is 19.5. The van der Waals surface area contributed by atoms with Crippen molar-refractivity contribution in [1.29, 1.82) is 0 Å². The van der Waals surface area contributed by atoms with Crippen LogP contribution in [0.4, 0.5) is 0 Å². The summed E-state index contributed by atoms with van der Waals surface area (Å²) < 4.78 is 5.31. The molecule has 160 valence electrons. The van der Waals surface area contributed by atoms with E-state index in [2.05, 4.69) is 33.8 Å². The minimum Gasteiger partial charge on any atom is -0.497 e. The fraction of sp³-hybridized carbons (Fsp3) is 0.346. The first-order valence-electron chi connectivity index (χ1n) is 11.0. The molecule has 2 atom stereocenters. The molecule has 1 aliphatic heterocycles. The Hall–Kier alpha value is -2.63. The Bertz CT molecular complexity index is 1030. The van der Waals surface area contributed by atoms with Gasteiger partial charge in [0.2, 0.25) is 5.91 Å². The Labute approximate surface area is 187 Å². The zero-order valence-corrected chi connectivity index (χ0v) is 18.6. The number of carbonyl (C=O) groups excluding carboxylic acids is 1. The van der Waals surface area contributed by atoms with E-state index in [1.807, 2.05) is 53.8 Å². The number of benzene rings is 2. The van der Waals surface area contributed by atoms with E-state index in [0.29, 0.717) is 18.5 Å². The van der Waals surface area contributed by atoms with E-state index in [4.69, 9.17) is 4.74 Å². The number of carbonyl (C=O) groups is 1. The lowest BCUT2D eigenvalue weighted by atomic mass is 9.95. The number of hydrogen-bond acceptors (Lipinski definition) is 4. The molecule has 31 heavy (non-hydrogen) atoms. The molecule has 0 saturated heterocycles. The number of thiophene rings is 1. The largest absolute Gasteiger partial charge is 0.497 e. The van der Waals surface area contributed by atoms with Gasteiger partial charge in [-0.1, -0.05) is 42.5 Å². The van der Waals surface area contributed by atoms with Crippen molar-refractivity contribution in [2.45, 2.75) is 31.3 Å². The lowest BCUT2D eigenvalue weighted by molar-refractivity contribution is -0.123. The molecule has 2 aliphatic rings. The SMILES string of the molecule is COc1ccc([C@H](NC(=O)CN2CCc3sccc3[C@@H]2C2CC2)c2ccccc2)cc1. The zero-order valence-electron chi connectivity index (χ0n) is 17.8. The summed E-state index contributed by atoms with van der Waals surface area (Å²) in [7, 11) is 1.67. The molecule has 1 fully saturated rings. The van der Waals surface area contributed by atoms with Gasteiger partial charge < -0.3 is 10.1 Å². The Balaban J connectivity index is 1.35. The first kappa shape index (κ1) is 20.3. The number of nitrogens with one attached hydrogen (secondary N) is 1. The number of methoxy groups -OCH3 is 1. The van der Waals surface area contributed by atoms with E-state index in [9.17, 15) is 4.79 Å². The number of nitrogens with zero attached hydrogens (tertiary/aromatic N) is 1. The topological polar surface area (TPSA) is 41.6 Å². The molecule has 3 aromatic rings. The van der Waals surface area contributed by atoms with Gasteiger partial charge in [-0.2, -0.15) is 0 Å². The maximum absolute atomic E-state index is 13.3. The molecule has 0 spiro atoms. The van der Waals surface area contributed by atoms with Gasteiger partial charge in [0.15, 0.2) is 0 Å². The van der Waals surface area contributed by atoms with Crippen LogP contribution in [0.15, 0.2) is 66.0 Å². The summed E-state index contributed by atoms with van der Waals surface area (Å²) in [5.41, 5.74) is 3.60. The summed E-state index contributed by atoms with van der Waals surface area (Å²) in [4.78, 5) is 17.2. The second-order valence-corrected chi connectivity index (χ2v) is 9.49. The van der Waals surface area contributed by atoms with Crippen LogP contribution in [0.3, 0.4) is 0 Å². The smallest absolute Gasteiger partial charge is 0.234 e. The van der Waals surface area contributed by atoms with Crippen LogP contribution in [-0.4, -0.2) is 31.0 Å². The van der Waals surface area contributed by atoms with E-state index in [-0.39, 0.29) is 11.9 Å². The summed E-state index contributed by atoms with van der Waals surface area (Å²) >= 11 is 1.87. The minimum atomic E-state index is -0.180. The summed E-state index contributed by atoms with van der Waals surface area (Å²) in [6.07, 6.45) is 3.59. The molecule has 0 unspecified atom stereocenters. The van der Waals surface area contributed by atoms with Crippen LogP contribution < -0.4 is 10.1 Å². The van der Waals surface area contributed by atoms with Crippen LogP contribution in [0.5, 0.6) is 5.75 Å². The van der Waals surface area contributed by atoms with E-state index in [1.165, 1.54) is 23.3 Å². The second-order valence-electron chi connectivity index (χ2n) is 8.49. The molecule has 5 heteroatoms. The van der Waals surface area contributed by atoms with Crippen molar-refractivity contribution in [1.82, 2.24) is 10.2 Å². The highest BCUT2D eigenvalue weighted by molar-refractivity contribution is 7.10. The Morgan fingerprint density at radius 2 is 1.84 bits per heavy atom. The minimum absolute atomic E-state index is 0.0778. The van der Waals surface area contributed by atoms with E-state index in [1.54, 1.807) is 7.11 Å². The van der Waals surface area contributed by atoms with Gasteiger partial charge in [-0.05, 0) is 65.4 Å². The van der Waals surface area contributed by atoms with Crippen molar-refractivity contribution < 1.29 is 9.53 Å². The van der Waals surface area contributed by atoms with Crippen LogP contribution in [0.25, 0.3) is 0 Å². The van der Waals surface area contributed by atoms with Gasteiger partial charge in [-0.25, -0.2) is 0 Å². The maximum Gasteiger partial charge on any atom is 0.234 e. The number of fused-ring (bicyclic) bond motifs is 1. The van der Waals surface area contributed by atoms with E-state index in [0.717, 1.165) is 29.8 Å². The number of rotatable bonds is 7. The molecule has 0 radical (unpaired) electrons. The monoisotopic (exact) mass is 432 g/mol. The molecule has 1 amide bonds. The molecule has 5 rings (SSSR count). The molecule has 1 N–H and O–H groups in total. The molecule has 1 saturated carbocycles. The molecule has 0 bridgehead atoms. The number of ether oxygens (including phenoxy) is 1. The van der Waals surface area contributed by atoms with Crippen LogP contribution in [0.2, 0.25) is 0 Å². The first-order chi connectivity index (χ1) is 15.2. The molecule has 1 aromatic heterocycles. The van der Waals surface area contributed by atoms with E-state index >= 15 is 0 Å². The highest BCUT2D eigenvalue weighted by Crippen LogP contribution is 2.48. The van der Waals surface area contributed by atoms with Crippen molar-refractivity contribution >= 4 is 17.2 Å². The van der Waals surface area contributed by atoms with Crippen molar-refractivity contribution in [2.24, 2.45) is 5.92 Å². The van der Waals surface area contributed by atoms with Crippen molar-refractivity contribution in [3.05, 3.63) is 87.6 Å². The Morgan fingerprint density at radius 3 is 2.55 bits per heavy atom. The molecule has 2 heterocycles. The summed E-state index contributed by atoms with van der Waals surface area (Å²) in [5.74, 6) is 1.59. The van der Waals surface area contributed by atoms with Gasteiger partial charge in [0.1, 0.15) is 5.75 Å². The van der Waals surface area contributed by atoms with Crippen LogP contribution in [0, 0.1) is 5.92 Å². The summed E-state index contributed by atoms with van der Waals surface area (Å²) in [6.45, 7) is 1.40. The third-order valence-corrected chi connectivity index (χ3v) is 7.42. The zero-order chi connectivity index (χ0) is 21.2. The lowest BCUT2D eigenvalue weighted by Crippen LogP contribution is -2.44. The Kier molecular flexibility index (Phi) is 5.79. The predicted molar refractivity (Wildman–Crippen MR) is 124 cm³/mol. The maximum atomic E-state index is 13.3. The third kappa shape index (κ3) is 4.39. The molecule has 1 aliphatic carbocycles. The summed E-state index contributed by atoms with van der Waals surface area (Å²) in [5, 5.41) is 5.52. The molecular weight excluding hydrogens is 404 g/mol. The Morgan fingerprint density at radius 1 is 1.10 bits per heavy atom. The number of amides is 1. The average Bonchev–Trinajstić information content (AvgIpc) is 3.54. The third-order valence-electron chi connectivity index (χ3n) is 6.42. The average molecular weight is 433 g/mol. The van der Waals surface area contributed by atoms with Crippen LogP contribution >= 0.6 is 11.3 Å². The fourth-order valence-corrected chi connectivity index (χ4v) is 5.64. The van der Waals surface area contributed by atoms with Gasteiger partial charge in [-0.15, -0.1) is 11.3 Å². The van der Waals surface area contributed by atoms with Crippen LogP contribution in [0.1, 0.15) is 46.5 Å². The van der Waals surface area contributed by atoms with Gasteiger partial charge >= 0.3 is 0 Å². The summed E-state index contributed by atoms with van der Waals surface area (Å²) in [6, 6.07) is 20.6. The molecule has 4 nitrogen and oxygen atoms in total. The van der Waals surface area contributed by atoms with Gasteiger partial charge in [0.25, 0.3) is 0 Å². The quantitative estimate of drug-likeness (QED) is 0.573. The van der Waals surface area contributed by atoms with E-state index < -0.39 is 0 Å². The van der Waals surface area contributed by atoms with Gasteiger partial charge in [-0.3, -0.25) is 9.69 Å². The van der Waals surface area contributed by atoms with Crippen LogP contribution in [-0.2, 0) is 11.2 Å². The van der Waals surface area contributed by atoms with Gasteiger partial charge in [0, 0.05) is 17.5 Å². The molecular formula is C26H28N2O2S. The second kappa shape index (κ2) is 8.85. The standard InChI is InChI=1S/C26H28N2O2S/c1-30-21-11-9-19(10-12-21)25(18-5-3-2-4-6-18)27-24(29)17-28-15-13-23-22(14-16-31-23)26(28)20-7-8-20/h2-6,9-12,14,16,20,25-26H,7-8,13,15,17H2,1H3,(H,27,29)/t25-,26+/m1/s1. The van der Waals surface area contributed by atoms with Crippen molar-refractivity contribution in [2.75, 3.05) is 20.2 Å². The highest BCUT2D eigenvalue weighted by Gasteiger charge is 2.40. The van der Waals surface area contributed by atoms with Gasteiger partial charge in [0.05, 0.1) is 19.7 Å². The number of hydrogen-bond donors (Lipinski definition) is 1. The highest BCUT2D eigenvalue weighted by atomic mass is 32.1.